The van der Waals surface area contributed by atoms with Crippen LogP contribution in [0.3, 0.4) is 0 Å². The number of nitrogens with zero attached hydrogens (tertiary/aromatic N) is 2. The summed E-state index contributed by atoms with van der Waals surface area (Å²) in [6, 6.07) is 16.5. The van der Waals surface area contributed by atoms with E-state index >= 15 is 0 Å². The highest BCUT2D eigenvalue weighted by Gasteiger charge is 2.29. The van der Waals surface area contributed by atoms with Gasteiger partial charge in [0.1, 0.15) is 0 Å². The van der Waals surface area contributed by atoms with Crippen molar-refractivity contribution in [3.8, 4) is 17.6 Å². The molecule has 1 atom stereocenters. The zero-order valence-electron chi connectivity index (χ0n) is 14.9. The van der Waals surface area contributed by atoms with Crippen molar-refractivity contribution in [2.24, 2.45) is 0 Å². The number of amides is 1. The molecule has 5 nitrogen and oxygen atoms in total. The van der Waals surface area contributed by atoms with Crippen LogP contribution in [0.2, 0.25) is 0 Å². The van der Waals surface area contributed by atoms with Gasteiger partial charge >= 0.3 is 0 Å². The van der Waals surface area contributed by atoms with E-state index in [1.165, 1.54) is 7.11 Å². The predicted molar refractivity (Wildman–Crippen MR) is 98.0 cm³/mol. The molecule has 2 aromatic carbocycles. The van der Waals surface area contributed by atoms with Gasteiger partial charge in [0.2, 0.25) is 6.10 Å². The minimum atomic E-state index is -0.740. The monoisotopic (exact) mass is 350 g/mol. The highest BCUT2D eigenvalue weighted by Crippen LogP contribution is 2.33. The van der Waals surface area contributed by atoms with Gasteiger partial charge in [-0.05, 0) is 31.4 Å². The van der Waals surface area contributed by atoms with E-state index in [4.69, 9.17) is 14.7 Å². The number of hydrogen-bond acceptors (Lipinski definition) is 4. The van der Waals surface area contributed by atoms with Gasteiger partial charge in [0.15, 0.2) is 11.5 Å². The maximum Gasteiger partial charge on any atom is 0.268 e. The molecule has 5 heteroatoms. The van der Waals surface area contributed by atoms with Crippen molar-refractivity contribution in [1.82, 2.24) is 4.90 Å². The third-order valence-electron chi connectivity index (χ3n) is 4.53. The number of methoxy groups -OCH3 is 1. The molecule has 1 unspecified atom stereocenters. The normalized spacial score (nSPS) is 15.0. The molecule has 2 aromatic rings. The maximum absolute atomic E-state index is 13.1. The number of ether oxygens (including phenoxy) is 2. The Balaban J connectivity index is 1.91. The second-order valence-corrected chi connectivity index (χ2v) is 6.27. The Morgan fingerprint density at radius 3 is 2.46 bits per heavy atom. The topological polar surface area (TPSA) is 62.6 Å². The summed E-state index contributed by atoms with van der Waals surface area (Å²) < 4.78 is 11.5. The molecule has 0 aliphatic carbocycles. The minimum Gasteiger partial charge on any atom is -0.493 e. The van der Waals surface area contributed by atoms with Crippen LogP contribution in [-0.4, -0.2) is 31.0 Å². The Kier molecular flexibility index (Phi) is 5.75. The average Bonchev–Trinajstić information content (AvgIpc) is 2.72. The summed E-state index contributed by atoms with van der Waals surface area (Å²) in [5.74, 6) is 0.851. The fourth-order valence-corrected chi connectivity index (χ4v) is 3.13. The van der Waals surface area contributed by atoms with E-state index in [9.17, 15) is 4.79 Å². The maximum atomic E-state index is 13.1. The fraction of sp³-hybridized carbons (Fsp3) is 0.333. The molecule has 0 N–H and O–H groups in total. The van der Waals surface area contributed by atoms with Crippen molar-refractivity contribution in [2.45, 2.75) is 25.4 Å². The van der Waals surface area contributed by atoms with Crippen molar-refractivity contribution in [3.63, 3.8) is 0 Å². The van der Waals surface area contributed by atoms with Crippen LogP contribution in [0.15, 0.2) is 48.5 Å². The molecule has 0 bridgehead atoms. The second kappa shape index (κ2) is 8.39. The van der Waals surface area contributed by atoms with Crippen molar-refractivity contribution < 1.29 is 14.3 Å². The summed E-state index contributed by atoms with van der Waals surface area (Å²) in [5.41, 5.74) is 1.28. The van der Waals surface area contributed by atoms with Crippen LogP contribution in [0.25, 0.3) is 0 Å². The number of benzene rings is 2. The second-order valence-electron chi connectivity index (χ2n) is 6.27. The van der Waals surface area contributed by atoms with Crippen LogP contribution >= 0.6 is 0 Å². The molecule has 0 spiro atoms. The van der Waals surface area contributed by atoms with E-state index in [1.807, 2.05) is 35.2 Å². The first kappa shape index (κ1) is 17.8. The Labute approximate surface area is 153 Å². The molecule has 0 saturated carbocycles. The van der Waals surface area contributed by atoms with Gasteiger partial charge in [-0.25, -0.2) is 0 Å². The van der Waals surface area contributed by atoms with Crippen LogP contribution in [-0.2, 0) is 4.79 Å². The molecule has 1 heterocycles. The third kappa shape index (κ3) is 3.97. The molecule has 134 valence electrons. The minimum absolute atomic E-state index is 0.0395. The van der Waals surface area contributed by atoms with Gasteiger partial charge in [-0.15, -0.1) is 0 Å². The number of rotatable bonds is 5. The van der Waals surface area contributed by atoms with Crippen molar-refractivity contribution in [3.05, 3.63) is 59.7 Å². The van der Waals surface area contributed by atoms with E-state index in [0.29, 0.717) is 17.1 Å². The molecule has 3 rings (SSSR count). The number of likely N-dealkylation sites (tertiary alicyclic amines) is 1. The number of hydrogen-bond donors (Lipinski definition) is 0. The van der Waals surface area contributed by atoms with Crippen LogP contribution in [0.4, 0.5) is 0 Å². The van der Waals surface area contributed by atoms with E-state index in [2.05, 4.69) is 6.07 Å². The van der Waals surface area contributed by atoms with Gasteiger partial charge in [0, 0.05) is 24.7 Å². The van der Waals surface area contributed by atoms with Gasteiger partial charge in [-0.1, -0.05) is 30.3 Å². The van der Waals surface area contributed by atoms with E-state index in [-0.39, 0.29) is 5.91 Å². The predicted octanol–water partition coefficient (Wildman–Crippen LogP) is 3.70. The van der Waals surface area contributed by atoms with Crippen LogP contribution in [0.1, 0.15) is 36.5 Å². The van der Waals surface area contributed by atoms with Gasteiger partial charge in [0.25, 0.3) is 5.91 Å². The fourth-order valence-electron chi connectivity index (χ4n) is 3.13. The standard InChI is InChI=1S/C21H22N2O3/c1-25-19-14-16(15-22)10-11-18(19)26-20(17-8-4-2-5-9-17)21(24)23-12-6-3-7-13-23/h2,4-5,8-11,14,20H,3,6-7,12-13H2,1H3. The quantitative estimate of drug-likeness (QED) is 0.825. The Hall–Kier alpha value is -3.00. The molecule has 0 aromatic heterocycles. The zero-order chi connectivity index (χ0) is 18.4. The first-order valence-corrected chi connectivity index (χ1v) is 8.81. The lowest BCUT2D eigenvalue weighted by molar-refractivity contribution is -0.140. The molecular formula is C21H22N2O3. The van der Waals surface area contributed by atoms with Crippen LogP contribution in [0, 0.1) is 11.3 Å². The number of piperidine rings is 1. The SMILES string of the molecule is COc1cc(C#N)ccc1OC(C(=O)N1CCCCC1)c1ccccc1. The molecule has 1 fully saturated rings. The van der Waals surface area contributed by atoms with Crippen LogP contribution in [0.5, 0.6) is 11.5 Å². The summed E-state index contributed by atoms with van der Waals surface area (Å²) >= 11 is 0. The number of nitriles is 1. The summed E-state index contributed by atoms with van der Waals surface area (Å²) in [6.07, 6.45) is 2.46. The van der Waals surface area contributed by atoms with Gasteiger partial charge < -0.3 is 14.4 Å². The summed E-state index contributed by atoms with van der Waals surface area (Å²) in [6.45, 7) is 1.52. The number of carbonyl (C=O) groups excluding carboxylic acids is 1. The highest BCUT2D eigenvalue weighted by atomic mass is 16.5. The van der Waals surface area contributed by atoms with Gasteiger partial charge in [-0.2, -0.15) is 5.26 Å². The molecular weight excluding hydrogens is 328 g/mol. The lowest BCUT2D eigenvalue weighted by atomic mass is 10.1. The molecule has 1 aliphatic rings. The van der Waals surface area contributed by atoms with Gasteiger partial charge in [-0.3, -0.25) is 4.79 Å². The van der Waals surface area contributed by atoms with Gasteiger partial charge in [0.05, 0.1) is 18.7 Å². The lowest BCUT2D eigenvalue weighted by Gasteiger charge is -2.31. The Morgan fingerprint density at radius 1 is 1.08 bits per heavy atom. The lowest BCUT2D eigenvalue weighted by Crippen LogP contribution is -2.40. The Morgan fingerprint density at radius 2 is 1.81 bits per heavy atom. The molecule has 1 amide bonds. The average molecular weight is 350 g/mol. The molecule has 26 heavy (non-hydrogen) atoms. The summed E-state index contributed by atoms with van der Waals surface area (Å²) in [4.78, 5) is 15.0. The molecule has 0 radical (unpaired) electrons. The van der Waals surface area contributed by atoms with E-state index in [0.717, 1.165) is 37.9 Å². The highest BCUT2D eigenvalue weighted by molar-refractivity contribution is 5.83. The smallest absolute Gasteiger partial charge is 0.268 e. The first-order valence-electron chi connectivity index (χ1n) is 8.81. The zero-order valence-corrected chi connectivity index (χ0v) is 14.9. The first-order chi connectivity index (χ1) is 12.7. The summed E-state index contributed by atoms with van der Waals surface area (Å²) in [7, 11) is 1.52. The molecule has 1 aliphatic heterocycles. The summed E-state index contributed by atoms with van der Waals surface area (Å²) in [5, 5.41) is 9.06. The van der Waals surface area contributed by atoms with Crippen molar-refractivity contribution in [1.29, 1.82) is 5.26 Å². The van der Waals surface area contributed by atoms with Crippen molar-refractivity contribution >= 4 is 5.91 Å². The van der Waals surface area contributed by atoms with Crippen LogP contribution < -0.4 is 9.47 Å². The van der Waals surface area contributed by atoms with E-state index < -0.39 is 6.10 Å². The largest absolute Gasteiger partial charge is 0.493 e. The third-order valence-corrected chi connectivity index (χ3v) is 4.53. The molecule has 1 saturated heterocycles. The van der Waals surface area contributed by atoms with E-state index in [1.54, 1.807) is 18.2 Å². The number of carbonyl (C=O) groups is 1. The van der Waals surface area contributed by atoms with Crippen molar-refractivity contribution in [2.75, 3.05) is 20.2 Å². The Bertz CT molecular complexity index is 793.